The van der Waals surface area contributed by atoms with E-state index in [1.807, 2.05) is 25.1 Å². The number of hydrogen-bond donors (Lipinski definition) is 1. The van der Waals surface area contributed by atoms with E-state index >= 15 is 0 Å². The lowest BCUT2D eigenvalue weighted by Crippen LogP contribution is -1.94. The number of halogens is 1. The van der Waals surface area contributed by atoms with Crippen molar-refractivity contribution in [2.45, 2.75) is 13.1 Å². The SMILES string of the molecule is Cc1ccc2c(c1)NCC2F. The standard InChI is InChI=1S/C9H10FN/c1-6-2-3-7-8(10)5-11-9(7)4-6/h2-4,8,11H,5H2,1H3. The van der Waals surface area contributed by atoms with Crippen molar-refractivity contribution in [1.82, 2.24) is 0 Å². The van der Waals surface area contributed by atoms with Gasteiger partial charge in [0.15, 0.2) is 0 Å². The van der Waals surface area contributed by atoms with Crippen LogP contribution in [0.5, 0.6) is 0 Å². The van der Waals surface area contributed by atoms with Crippen molar-refractivity contribution < 1.29 is 4.39 Å². The van der Waals surface area contributed by atoms with Crippen molar-refractivity contribution >= 4 is 5.69 Å². The summed E-state index contributed by atoms with van der Waals surface area (Å²) < 4.78 is 13.0. The number of anilines is 1. The van der Waals surface area contributed by atoms with E-state index < -0.39 is 6.17 Å². The van der Waals surface area contributed by atoms with Gasteiger partial charge in [0, 0.05) is 11.3 Å². The van der Waals surface area contributed by atoms with E-state index in [2.05, 4.69) is 5.32 Å². The van der Waals surface area contributed by atoms with E-state index in [9.17, 15) is 4.39 Å². The third-order valence-electron chi connectivity index (χ3n) is 2.02. The van der Waals surface area contributed by atoms with Gasteiger partial charge in [-0.05, 0) is 18.6 Å². The van der Waals surface area contributed by atoms with Crippen molar-refractivity contribution in [1.29, 1.82) is 0 Å². The first-order valence-electron chi connectivity index (χ1n) is 3.76. The normalized spacial score (nSPS) is 21.1. The van der Waals surface area contributed by atoms with Crippen molar-refractivity contribution in [2.75, 3.05) is 11.9 Å². The Morgan fingerprint density at radius 3 is 3.18 bits per heavy atom. The molecule has 1 aromatic carbocycles. The zero-order chi connectivity index (χ0) is 7.84. The molecule has 0 bridgehead atoms. The molecule has 0 aliphatic carbocycles. The Hall–Kier alpha value is -1.05. The summed E-state index contributed by atoms with van der Waals surface area (Å²) in [6.45, 7) is 2.44. The molecule has 0 amide bonds. The largest absolute Gasteiger partial charge is 0.381 e. The molecule has 11 heavy (non-hydrogen) atoms. The van der Waals surface area contributed by atoms with Crippen molar-refractivity contribution in [3.05, 3.63) is 29.3 Å². The fourth-order valence-electron chi connectivity index (χ4n) is 1.41. The molecule has 1 aliphatic rings. The summed E-state index contributed by atoms with van der Waals surface area (Å²) in [6.07, 6.45) is -0.814. The lowest BCUT2D eigenvalue weighted by Gasteiger charge is -1.99. The van der Waals surface area contributed by atoms with E-state index in [-0.39, 0.29) is 0 Å². The Labute approximate surface area is 65.2 Å². The van der Waals surface area contributed by atoms with Crippen LogP contribution < -0.4 is 5.32 Å². The van der Waals surface area contributed by atoms with E-state index in [1.54, 1.807) is 0 Å². The molecule has 1 unspecified atom stereocenters. The molecule has 0 saturated heterocycles. The molecule has 58 valence electrons. The van der Waals surface area contributed by atoms with Gasteiger partial charge in [-0.2, -0.15) is 0 Å². The lowest BCUT2D eigenvalue weighted by molar-refractivity contribution is 0.373. The fourth-order valence-corrected chi connectivity index (χ4v) is 1.41. The molecule has 1 aliphatic heterocycles. The highest BCUT2D eigenvalue weighted by Gasteiger charge is 2.20. The summed E-state index contributed by atoms with van der Waals surface area (Å²) in [6, 6.07) is 5.78. The van der Waals surface area contributed by atoms with Crippen LogP contribution in [0.4, 0.5) is 10.1 Å². The minimum Gasteiger partial charge on any atom is -0.381 e. The number of alkyl halides is 1. The molecule has 1 aromatic rings. The van der Waals surface area contributed by atoms with Crippen LogP contribution in [0.2, 0.25) is 0 Å². The predicted octanol–water partition coefficient (Wildman–Crippen LogP) is 2.43. The van der Waals surface area contributed by atoms with E-state index in [0.717, 1.165) is 11.3 Å². The lowest BCUT2D eigenvalue weighted by atomic mass is 10.1. The van der Waals surface area contributed by atoms with E-state index in [0.29, 0.717) is 6.54 Å². The molecule has 0 radical (unpaired) electrons. The number of hydrogen-bond acceptors (Lipinski definition) is 1. The van der Waals surface area contributed by atoms with Crippen LogP contribution in [-0.2, 0) is 0 Å². The van der Waals surface area contributed by atoms with Gasteiger partial charge >= 0.3 is 0 Å². The Bertz CT molecular complexity index is 283. The molecule has 0 spiro atoms. The summed E-state index contributed by atoms with van der Waals surface area (Å²) in [7, 11) is 0. The van der Waals surface area contributed by atoms with Gasteiger partial charge in [0.25, 0.3) is 0 Å². The topological polar surface area (TPSA) is 12.0 Å². The number of fused-ring (bicyclic) bond motifs is 1. The first-order chi connectivity index (χ1) is 5.27. The van der Waals surface area contributed by atoms with Crippen molar-refractivity contribution in [2.24, 2.45) is 0 Å². The minimum absolute atomic E-state index is 0.429. The van der Waals surface area contributed by atoms with Gasteiger partial charge in [-0.3, -0.25) is 0 Å². The Balaban J connectivity index is 2.50. The molecule has 0 fully saturated rings. The Morgan fingerprint density at radius 1 is 1.55 bits per heavy atom. The second-order valence-corrected chi connectivity index (χ2v) is 2.94. The molecule has 1 nitrogen and oxygen atoms in total. The first kappa shape index (κ1) is 6.65. The number of nitrogens with one attached hydrogen (secondary N) is 1. The molecular weight excluding hydrogens is 141 g/mol. The highest BCUT2D eigenvalue weighted by atomic mass is 19.1. The maximum Gasteiger partial charge on any atom is 0.144 e. The summed E-state index contributed by atoms with van der Waals surface area (Å²) >= 11 is 0. The average molecular weight is 151 g/mol. The van der Waals surface area contributed by atoms with Gasteiger partial charge < -0.3 is 5.32 Å². The Morgan fingerprint density at radius 2 is 2.36 bits per heavy atom. The summed E-state index contributed by atoms with van der Waals surface area (Å²) in [5.74, 6) is 0. The molecule has 0 saturated carbocycles. The maximum atomic E-state index is 13.0. The average Bonchev–Trinajstić information content (AvgIpc) is 2.32. The molecule has 1 atom stereocenters. The van der Waals surface area contributed by atoms with Gasteiger partial charge in [0.1, 0.15) is 6.17 Å². The summed E-state index contributed by atoms with van der Waals surface area (Å²) in [5, 5.41) is 3.02. The van der Waals surface area contributed by atoms with Crippen LogP contribution in [0.3, 0.4) is 0 Å². The minimum atomic E-state index is -0.814. The number of rotatable bonds is 0. The highest BCUT2D eigenvalue weighted by Crippen LogP contribution is 2.32. The molecule has 0 aromatic heterocycles. The summed E-state index contributed by atoms with van der Waals surface area (Å²) in [4.78, 5) is 0. The maximum absolute atomic E-state index is 13.0. The van der Waals surface area contributed by atoms with Crippen LogP contribution in [0, 0.1) is 6.92 Å². The van der Waals surface area contributed by atoms with E-state index in [4.69, 9.17) is 0 Å². The quantitative estimate of drug-likeness (QED) is 0.600. The molecular formula is C9H10FN. The van der Waals surface area contributed by atoms with Crippen LogP contribution in [-0.4, -0.2) is 6.54 Å². The predicted molar refractivity (Wildman–Crippen MR) is 43.5 cm³/mol. The van der Waals surface area contributed by atoms with Crippen molar-refractivity contribution in [3.8, 4) is 0 Å². The van der Waals surface area contributed by atoms with Gasteiger partial charge in [-0.25, -0.2) is 4.39 Å². The third kappa shape index (κ3) is 0.985. The van der Waals surface area contributed by atoms with Crippen LogP contribution >= 0.6 is 0 Å². The Kier molecular flexibility index (Phi) is 1.34. The first-order valence-corrected chi connectivity index (χ1v) is 3.76. The summed E-state index contributed by atoms with van der Waals surface area (Å²) in [5.41, 5.74) is 2.93. The van der Waals surface area contributed by atoms with Crippen LogP contribution in [0.15, 0.2) is 18.2 Å². The third-order valence-corrected chi connectivity index (χ3v) is 2.02. The zero-order valence-corrected chi connectivity index (χ0v) is 6.39. The van der Waals surface area contributed by atoms with Gasteiger partial charge in [0.2, 0.25) is 0 Å². The molecule has 2 heteroatoms. The van der Waals surface area contributed by atoms with E-state index in [1.165, 1.54) is 5.56 Å². The van der Waals surface area contributed by atoms with Crippen LogP contribution in [0.25, 0.3) is 0 Å². The number of benzene rings is 1. The van der Waals surface area contributed by atoms with Gasteiger partial charge in [-0.1, -0.05) is 12.1 Å². The molecule has 2 rings (SSSR count). The van der Waals surface area contributed by atoms with Gasteiger partial charge in [-0.15, -0.1) is 0 Å². The highest BCUT2D eigenvalue weighted by molar-refractivity contribution is 5.58. The second kappa shape index (κ2) is 2.22. The zero-order valence-electron chi connectivity index (χ0n) is 6.39. The molecule has 1 heterocycles. The van der Waals surface area contributed by atoms with Crippen molar-refractivity contribution in [3.63, 3.8) is 0 Å². The fraction of sp³-hybridized carbons (Fsp3) is 0.333. The monoisotopic (exact) mass is 151 g/mol. The second-order valence-electron chi connectivity index (χ2n) is 2.94. The smallest absolute Gasteiger partial charge is 0.144 e. The van der Waals surface area contributed by atoms with Gasteiger partial charge in [0.05, 0.1) is 6.54 Å². The molecule has 1 N–H and O–H groups in total. The van der Waals surface area contributed by atoms with Crippen LogP contribution in [0.1, 0.15) is 17.3 Å². The number of aryl methyl sites for hydroxylation is 1.